The number of rotatable bonds is 5. The van der Waals surface area contributed by atoms with Gasteiger partial charge in [0.05, 0.1) is 16.0 Å². The highest BCUT2D eigenvalue weighted by Crippen LogP contribution is 2.24. The van der Waals surface area contributed by atoms with Crippen LogP contribution in [0.1, 0.15) is 23.2 Å². The number of hydrogen-bond acceptors (Lipinski definition) is 4. The Kier molecular flexibility index (Phi) is 6.34. The summed E-state index contributed by atoms with van der Waals surface area (Å²) in [7, 11) is -2.09. The zero-order valence-corrected chi connectivity index (χ0v) is 16.8. The number of amides is 1. The monoisotopic (exact) mass is 426 g/mol. The van der Waals surface area contributed by atoms with E-state index in [-0.39, 0.29) is 21.6 Å². The molecule has 1 heterocycles. The molecule has 3 rings (SSSR count). The van der Waals surface area contributed by atoms with E-state index >= 15 is 0 Å². The van der Waals surface area contributed by atoms with Crippen LogP contribution < -0.4 is 5.32 Å². The van der Waals surface area contributed by atoms with Crippen molar-refractivity contribution in [3.8, 4) is 0 Å². The highest BCUT2D eigenvalue weighted by Gasteiger charge is 2.29. The van der Waals surface area contributed by atoms with Crippen molar-refractivity contribution >= 4 is 33.2 Å². The van der Waals surface area contributed by atoms with Gasteiger partial charge in [0, 0.05) is 31.5 Å². The van der Waals surface area contributed by atoms with E-state index in [9.17, 15) is 17.6 Å². The number of ether oxygens (including phenoxy) is 1. The number of piperidine rings is 1. The molecule has 1 saturated heterocycles. The van der Waals surface area contributed by atoms with Gasteiger partial charge >= 0.3 is 0 Å². The molecule has 1 aliphatic rings. The van der Waals surface area contributed by atoms with Crippen molar-refractivity contribution in [2.45, 2.75) is 23.8 Å². The summed E-state index contributed by atoms with van der Waals surface area (Å²) in [5, 5.41) is 2.47. The Hall–Kier alpha value is -2.00. The lowest BCUT2D eigenvalue weighted by Crippen LogP contribution is -2.40. The predicted molar refractivity (Wildman–Crippen MR) is 105 cm³/mol. The van der Waals surface area contributed by atoms with Crippen LogP contribution in [-0.2, 0) is 14.8 Å². The van der Waals surface area contributed by atoms with Crippen LogP contribution in [0.4, 0.5) is 10.1 Å². The van der Waals surface area contributed by atoms with E-state index in [0.717, 1.165) is 6.07 Å². The summed E-state index contributed by atoms with van der Waals surface area (Å²) < 4.78 is 45.7. The molecule has 28 heavy (non-hydrogen) atoms. The molecule has 2 aromatic rings. The minimum absolute atomic E-state index is 0.0492. The number of hydrogen-bond donors (Lipinski definition) is 1. The third-order valence-electron chi connectivity index (χ3n) is 4.65. The quantitative estimate of drug-likeness (QED) is 0.793. The van der Waals surface area contributed by atoms with Crippen molar-refractivity contribution in [3.05, 3.63) is 58.9 Å². The van der Waals surface area contributed by atoms with E-state index in [0.29, 0.717) is 31.6 Å². The van der Waals surface area contributed by atoms with Crippen molar-refractivity contribution in [3.63, 3.8) is 0 Å². The summed E-state index contributed by atoms with van der Waals surface area (Å²) >= 11 is 5.72. The number of methoxy groups -OCH3 is 1. The topological polar surface area (TPSA) is 75.7 Å². The summed E-state index contributed by atoms with van der Waals surface area (Å²) in [5.41, 5.74) is 0.486. The van der Waals surface area contributed by atoms with Gasteiger partial charge < -0.3 is 10.1 Å². The van der Waals surface area contributed by atoms with E-state index in [1.807, 2.05) is 0 Å². The lowest BCUT2D eigenvalue weighted by Gasteiger charge is -2.30. The summed E-state index contributed by atoms with van der Waals surface area (Å²) in [4.78, 5) is 12.5. The first-order chi connectivity index (χ1) is 13.3. The maximum atomic E-state index is 13.2. The number of nitrogens with one attached hydrogen (secondary N) is 1. The van der Waals surface area contributed by atoms with E-state index in [4.69, 9.17) is 16.3 Å². The highest BCUT2D eigenvalue weighted by molar-refractivity contribution is 7.89. The standard InChI is InChI=1S/C19H20ClFN2O4S/c1-27-15-7-9-23(10-8-15)28(25,26)16-4-2-3-13(11-16)19(24)22-14-5-6-18(21)17(20)12-14/h2-6,11-12,15H,7-10H2,1H3,(H,22,24). The molecule has 0 radical (unpaired) electrons. The first-order valence-electron chi connectivity index (χ1n) is 8.70. The maximum Gasteiger partial charge on any atom is 0.255 e. The summed E-state index contributed by atoms with van der Waals surface area (Å²) in [6.07, 6.45) is 1.31. The van der Waals surface area contributed by atoms with Crippen LogP contribution in [0.5, 0.6) is 0 Å². The number of carbonyl (C=O) groups is 1. The number of sulfonamides is 1. The molecule has 1 amide bonds. The third-order valence-corrected chi connectivity index (χ3v) is 6.83. The van der Waals surface area contributed by atoms with E-state index in [2.05, 4.69) is 5.32 Å². The molecule has 1 fully saturated rings. The average molecular weight is 427 g/mol. The molecule has 150 valence electrons. The van der Waals surface area contributed by atoms with Crippen LogP contribution >= 0.6 is 11.6 Å². The molecule has 6 nitrogen and oxygen atoms in total. The van der Waals surface area contributed by atoms with Crippen molar-refractivity contribution in [1.82, 2.24) is 4.31 Å². The van der Waals surface area contributed by atoms with Crippen LogP contribution in [0, 0.1) is 5.82 Å². The normalized spacial score (nSPS) is 16.1. The average Bonchev–Trinajstić information content (AvgIpc) is 2.71. The molecule has 9 heteroatoms. The molecule has 0 saturated carbocycles. The zero-order chi connectivity index (χ0) is 20.3. The Labute approximate surface area is 168 Å². The third kappa shape index (κ3) is 4.52. The van der Waals surface area contributed by atoms with Crippen molar-refractivity contribution in [2.24, 2.45) is 0 Å². The SMILES string of the molecule is COC1CCN(S(=O)(=O)c2cccc(C(=O)Nc3ccc(F)c(Cl)c3)c2)CC1. The second kappa shape index (κ2) is 8.57. The fourth-order valence-electron chi connectivity index (χ4n) is 3.03. The Bertz CT molecular complexity index is 976. The number of halogens is 2. The van der Waals surface area contributed by atoms with Gasteiger partial charge in [0.25, 0.3) is 5.91 Å². The summed E-state index contributed by atoms with van der Waals surface area (Å²) in [6, 6.07) is 9.62. The van der Waals surface area contributed by atoms with Crippen LogP contribution in [0.3, 0.4) is 0 Å². The Morgan fingerprint density at radius 1 is 1.21 bits per heavy atom. The molecule has 1 aliphatic heterocycles. The van der Waals surface area contributed by atoms with Crippen LogP contribution in [0.25, 0.3) is 0 Å². The van der Waals surface area contributed by atoms with Gasteiger partial charge in [-0.3, -0.25) is 4.79 Å². The van der Waals surface area contributed by atoms with Crippen LogP contribution in [-0.4, -0.2) is 44.9 Å². The Balaban J connectivity index is 1.77. The molecule has 0 unspecified atom stereocenters. The number of nitrogens with zero attached hydrogens (tertiary/aromatic N) is 1. The number of benzene rings is 2. The van der Waals surface area contributed by atoms with Crippen molar-refractivity contribution in [1.29, 1.82) is 0 Å². The molecule has 2 aromatic carbocycles. The predicted octanol–water partition coefficient (Wildman–Crippen LogP) is 3.53. The second-order valence-corrected chi connectivity index (χ2v) is 8.80. The zero-order valence-electron chi connectivity index (χ0n) is 15.2. The maximum absolute atomic E-state index is 13.2. The van der Waals surface area contributed by atoms with Gasteiger partial charge in [0.1, 0.15) is 5.82 Å². The fourth-order valence-corrected chi connectivity index (χ4v) is 4.73. The van der Waals surface area contributed by atoms with Gasteiger partial charge in [-0.25, -0.2) is 12.8 Å². The molecule has 0 spiro atoms. The molecular formula is C19H20ClFN2O4S. The summed E-state index contributed by atoms with van der Waals surface area (Å²) in [6.45, 7) is 0.733. The lowest BCUT2D eigenvalue weighted by atomic mass is 10.1. The minimum atomic E-state index is -3.71. The van der Waals surface area contributed by atoms with E-state index in [1.165, 1.54) is 40.7 Å². The Morgan fingerprint density at radius 2 is 1.93 bits per heavy atom. The van der Waals surface area contributed by atoms with Gasteiger partial charge in [0.2, 0.25) is 10.0 Å². The number of carbonyl (C=O) groups excluding carboxylic acids is 1. The molecule has 0 aliphatic carbocycles. The lowest BCUT2D eigenvalue weighted by molar-refractivity contribution is 0.0604. The smallest absolute Gasteiger partial charge is 0.255 e. The first-order valence-corrected chi connectivity index (χ1v) is 10.5. The highest BCUT2D eigenvalue weighted by atomic mass is 35.5. The summed E-state index contributed by atoms with van der Waals surface area (Å²) in [5.74, 6) is -1.11. The largest absolute Gasteiger partial charge is 0.381 e. The van der Waals surface area contributed by atoms with Crippen molar-refractivity contribution in [2.75, 3.05) is 25.5 Å². The van der Waals surface area contributed by atoms with Gasteiger partial charge in [0.15, 0.2) is 0 Å². The molecule has 1 N–H and O–H groups in total. The van der Waals surface area contributed by atoms with E-state index < -0.39 is 21.7 Å². The van der Waals surface area contributed by atoms with Gasteiger partial charge in [-0.1, -0.05) is 17.7 Å². The molecule has 0 atom stereocenters. The molecule has 0 bridgehead atoms. The van der Waals surface area contributed by atoms with Gasteiger partial charge in [-0.05, 0) is 49.2 Å². The minimum Gasteiger partial charge on any atom is -0.381 e. The Morgan fingerprint density at radius 3 is 2.57 bits per heavy atom. The number of anilines is 1. The van der Waals surface area contributed by atoms with E-state index in [1.54, 1.807) is 7.11 Å². The van der Waals surface area contributed by atoms with Crippen molar-refractivity contribution < 1.29 is 22.3 Å². The first kappa shape index (κ1) is 20.7. The molecule has 0 aromatic heterocycles. The second-order valence-electron chi connectivity index (χ2n) is 6.45. The van der Waals surface area contributed by atoms with Crippen LogP contribution in [0.15, 0.2) is 47.4 Å². The van der Waals surface area contributed by atoms with Gasteiger partial charge in [-0.2, -0.15) is 4.31 Å². The van der Waals surface area contributed by atoms with Crippen LogP contribution in [0.2, 0.25) is 5.02 Å². The van der Waals surface area contributed by atoms with Gasteiger partial charge in [-0.15, -0.1) is 0 Å². The molecular weight excluding hydrogens is 407 g/mol. The fraction of sp³-hybridized carbons (Fsp3) is 0.316.